The van der Waals surface area contributed by atoms with Crippen LogP contribution >= 0.6 is 23.3 Å². The summed E-state index contributed by atoms with van der Waals surface area (Å²) in [7, 11) is 5.61. The highest BCUT2D eigenvalue weighted by molar-refractivity contribution is 7.97. The van der Waals surface area contributed by atoms with Crippen molar-refractivity contribution >= 4 is 40.1 Å². The number of carbonyl (C=O) groups excluding carboxylic acids is 1. The Bertz CT molecular complexity index is 947. The van der Waals surface area contributed by atoms with Crippen LogP contribution in [0, 0.1) is 5.82 Å². The van der Waals surface area contributed by atoms with E-state index in [1.807, 2.05) is 42.7 Å². The summed E-state index contributed by atoms with van der Waals surface area (Å²) in [6.45, 7) is 0. The van der Waals surface area contributed by atoms with Crippen LogP contribution in [0.1, 0.15) is 0 Å². The molecule has 2 aromatic carbocycles. The van der Waals surface area contributed by atoms with Gasteiger partial charge < -0.3 is 4.74 Å². The number of rotatable bonds is 6. The molecule has 0 saturated carbocycles. The maximum atomic E-state index is 13.0. The van der Waals surface area contributed by atoms with Crippen molar-refractivity contribution in [3.63, 3.8) is 0 Å². The number of ether oxygens (including phenoxy) is 1. The van der Waals surface area contributed by atoms with Gasteiger partial charge in [0.25, 0.3) is 0 Å². The molecular weight excluding hydrogens is 399 g/mol. The molecule has 0 aliphatic carbocycles. The molecule has 3 rings (SSSR count). The Morgan fingerprint density at radius 3 is 2.64 bits per heavy atom. The number of urea groups is 1. The van der Waals surface area contributed by atoms with Gasteiger partial charge in [0, 0.05) is 17.6 Å². The van der Waals surface area contributed by atoms with E-state index in [2.05, 4.69) is 10.3 Å². The van der Waals surface area contributed by atoms with Crippen molar-refractivity contribution in [3.05, 3.63) is 60.5 Å². The molecule has 1 heterocycles. The van der Waals surface area contributed by atoms with Crippen LogP contribution in [0.4, 0.5) is 20.0 Å². The smallest absolute Gasteiger partial charge is 0.327 e. The zero-order chi connectivity index (χ0) is 20.1. The van der Waals surface area contributed by atoms with E-state index in [9.17, 15) is 9.18 Å². The van der Waals surface area contributed by atoms with Gasteiger partial charge in [-0.25, -0.2) is 14.2 Å². The lowest BCUT2D eigenvalue weighted by Crippen LogP contribution is -2.31. The molecule has 1 aromatic heterocycles. The summed E-state index contributed by atoms with van der Waals surface area (Å²) in [5.41, 5.74) is 0.767. The van der Waals surface area contributed by atoms with Crippen molar-refractivity contribution in [2.45, 2.75) is 4.90 Å². The third kappa shape index (κ3) is 5.44. The maximum Gasteiger partial charge on any atom is 0.327 e. The van der Waals surface area contributed by atoms with E-state index < -0.39 is 0 Å². The van der Waals surface area contributed by atoms with Gasteiger partial charge in [0.1, 0.15) is 11.6 Å². The largest absolute Gasteiger partial charge is 0.445 e. The van der Waals surface area contributed by atoms with E-state index in [-0.39, 0.29) is 11.8 Å². The van der Waals surface area contributed by atoms with Crippen molar-refractivity contribution in [1.29, 1.82) is 0 Å². The standard InChI is InChI=1S/C19H19FN4O2S2/c1-23(2)28-16-6-4-5-14(11-16)24(3)19(25)22-18-21-12-17(27-18)26-15-9-7-13(20)8-10-15/h4-12H,1-3H3,(H,21,22,25). The lowest BCUT2D eigenvalue weighted by Gasteiger charge is -2.18. The average molecular weight is 419 g/mol. The fourth-order valence-corrected chi connectivity index (χ4v) is 3.65. The van der Waals surface area contributed by atoms with Gasteiger partial charge in [-0.1, -0.05) is 17.4 Å². The van der Waals surface area contributed by atoms with E-state index in [1.165, 1.54) is 46.7 Å². The zero-order valence-electron chi connectivity index (χ0n) is 15.5. The number of hydrogen-bond donors (Lipinski definition) is 1. The first kappa shape index (κ1) is 20.1. The van der Waals surface area contributed by atoms with Crippen LogP contribution in [0.3, 0.4) is 0 Å². The van der Waals surface area contributed by atoms with Gasteiger partial charge >= 0.3 is 6.03 Å². The molecule has 9 heteroatoms. The third-order valence-electron chi connectivity index (χ3n) is 3.53. The summed E-state index contributed by atoms with van der Waals surface area (Å²) >= 11 is 2.76. The van der Waals surface area contributed by atoms with Gasteiger partial charge in [0.2, 0.25) is 5.06 Å². The number of nitrogens with one attached hydrogen (secondary N) is 1. The number of aromatic nitrogens is 1. The van der Waals surface area contributed by atoms with Gasteiger partial charge in [-0.3, -0.25) is 14.5 Å². The minimum Gasteiger partial charge on any atom is -0.445 e. The Labute approximate surface area is 171 Å². The molecule has 28 heavy (non-hydrogen) atoms. The number of hydrogen-bond acceptors (Lipinski definition) is 6. The number of thiazole rings is 1. The average Bonchev–Trinajstić information content (AvgIpc) is 3.09. The number of benzene rings is 2. The molecule has 2 amide bonds. The topological polar surface area (TPSA) is 57.7 Å². The minimum atomic E-state index is -0.333. The van der Waals surface area contributed by atoms with Crippen molar-refractivity contribution in [3.8, 4) is 10.8 Å². The predicted molar refractivity (Wildman–Crippen MR) is 112 cm³/mol. The van der Waals surface area contributed by atoms with E-state index in [1.54, 1.807) is 19.0 Å². The van der Waals surface area contributed by atoms with E-state index in [4.69, 9.17) is 4.74 Å². The summed E-state index contributed by atoms with van der Waals surface area (Å²) in [4.78, 5) is 19.2. The Morgan fingerprint density at radius 1 is 1.18 bits per heavy atom. The Balaban J connectivity index is 1.63. The molecule has 0 atom stereocenters. The quantitative estimate of drug-likeness (QED) is 0.550. The van der Waals surface area contributed by atoms with Gasteiger partial charge in [0.15, 0.2) is 5.13 Å². The second kappa shape index (κ2) is 9.05. The van der Waals surface area contributed by atoms with Crippen molar-refractivity contribution in [2.24, 2.45) is 0 Å². The van der Waals surface area contributed by atoms with Crippen molar-refractivity contribution in [2.75, 3.05) is 31.4 Å². The first-order chi connectivity index (χ1) is 13.4. The number of carbonyl (C=O) groups is 1. The van der Waals surface area contributed by atoms with Crippen LogP contribution in [0.25, 0.3) is 0 Å². The fourth-order valence-electron chi connectivity index (χ4n) is 2.24. The predicted octanol–water partition coefficient (Wildman–Crippen LogP) is 5.31. The highest BCUT2D eigenvalue weighted by atomic mass is 32.2. The molecule has 0 aliphatic rings. The Morgan fingerprint density at radius 2 is 1.93 bits per heavy atom. The monoisotopic (exact) mass is 418 g/mol. The summed E-state index contributed by atoms with van der Waals surface area (Å²) in [5, 5.41) is 3.66. The van der Waals surface area contributed by atoms with E-state index >= 15 is 0 Å². The van der Waals surface area contributed by atoms with Crippen LogP contribution in [-0.4, -0.2) is 36.5 Å². The molecule has 0 saturated heterocycles. The number of amides is 2. The summed E-state index contributed by atoms with van der Waals surface area (Å²) < 4.78 is 20.5. The SMILES string of the molecule is CN(C)Sc1cccc(N(C)C(=O)Nc2ncc(Oc3ccc(F)cc3)s2)c1. The molecule has 0 bridgehead atoms. The number of nitrogens with zero attached hydrogens (tertiary/aromatic N) is 3. The minimum absolute atomic E-state index is 0.310. The van der Waals surface area contributed by atoms with Gasteiger partial charge in [0.05, 0.1) is 6.20 Å². The van der Waals surface area contributed by atoms with Crippen LogP contribution in [-0.2, 0) is 0 Å². The van der Waals surface area contributed by atoms with Gasteiger partial charge in [-0.2, -0.15) is 0 Å². The fraction of sp³-hybridized carbons (Fsp3) is 0.158. The molecule has 0 aliphatic heterocycles. The number of halogens is 1. The molecule has 0 radical (unpaired) electrons. The van der Waals surface area contributed by atoms with Gasteiger partial charge in [-0.05, 0) is 68.5 Å². The molecule has 6 nitrogen and oxygen atoms in total. The molecule has 0 unspecified atom stereocenters. The molecule has 0 spiro atoms. The Kier molecular flexibility index (Phi) is 6.50. The first-order valence-corrected chi connectivity index (χ1v) is 9.89. The van der Waals surface area contributed by atoms with E-state index in [0.29, 0.717) is 15.9 Å². The second-order valence-corrected chi connectivity index (χ2v) is 8.31. The number of anilines is 2. The third-order valence-corrected chi connectivity index (χ3v) is 5.15. The molecule has 3 aromatic rings. The van der Waals surface area contributed by atoms with Crippen LogP contribution in [0.5, 0.6) is 10.8 Å². The summed E-state index contributed by atoms with van der Waals surface area (Å²) in [5.74, 6) is 0.163. The summed E-state index contributed by atoms with van der Waals surface area (Å²) in [6.07, 6.45) is 1.51. The molecule has 0 fully saturated rings. The van der Waals surface area contributed by atoms with Crippen LogP contribution in [0.2, 0.25) is 0 Å². The van der Waals surface area contributed by atoms with E-state index in [0.717, 1.165) is 10.6 Å². The molecule has 1 N–H and O–H groups in total. The van der Waals surface area contributed by atoms with Crippen LogP contribution in [0.15, 0.2) is 59.6 Å². The Hall–Kier alpha value is -2.62. The van der Waals surface area contributed by atoms with Crippen molar-refractivity contribution < 1.29 is 13.9 Å². The van der Waals surface area contributed by atoms with Crippen LogP contribution < -0.4 is 15.0 Å². The highest BCUT2D eigenvalue weighted by Gasteiger charge is 2.14. The maximum absolute atomic E-state index is 13.0. The molecular formula is C19H19FN4O2S2. The van der Waals surface area contributed by atoms with Crippen molar-refractivity contribution in [1.82, 2.24) is 9.29 Å². The van der Waals surface area contributed by atoms with Gasteiger partial charge in [-0.15, -0.1) is 0 Å². The lowest BCUT2D eigenvalue weighted by atomic mass is 10.3. The lowest BCUT2D eigenvalue weighted by molar-refractivity contribution is 0.258. The second-order valence-electron chi connectivity index (χ2n) is 5.93. The highest BCUT2D eigenvalue weighted by Crippen LogP contribution is 2.31. The summed E-state index contributed by atoms with van der Waals surface area (Å²) in [6, 6.07) is 13.1. The normalized spacial score (nSPS) is 10.8. The first-order valence-electron chi connectivity index (χ1n) is 8.30. The zero-order valence-corrected chi connectivity index (χ0v) is 17.2. The molecule has 146 valence electrons.